The summed E-state index contributed by atoms with van der Waals surface area (Å²) in [5, 5.41) is 0. The highest BCUT2D eigenvalue weighted by Gasteiger charge is 2.32. The molecule has 4 heterocycles. The molecular formula is C19H20N4O3S3. The van der Waals surface area contributed by atoms with Gasteiger partial charge in [0.2, 0.25) is 0 Å². The van der Waals surface area contributed by atoms with E-state index in [4.69, 9.17) is 21.9 Å². The molecule has 2 saturated heterocycles. The van der Waals surface area contributed by atoms with Crippen LogP contribution in [0.1, 0.15) is 5.56 Å². The largest absolute Gasteiger partial charge is 0.383 e. The van der Waals surface area contributed by atoms with Crippen LogP contribution >= 0.6 is 35.7 Å². The summed E-state index contributed by atoms with van der Waals surface area (Å²) in [5.74, 6) is 2.39. The maximum Gasteiger partial charge on any atom is 0.267 e. The average molecular weight is 449 g/mol. The van der Waals surface area contributed by atoms with E-state index in [1.165, 1.54) is 21.1 Å². The monoisotopic (exact) mass is 448 g/mol. The third kappa shape index (κ3) is 4.07. The Bertz CT molecular complexity index is 1050. The first-order valence-corrected chi connectivity index (χ1v) is 11.6. The summed E-state index contributed by atoms with van der Waals surface area (Å²) in [6.45, 7) is 2.42. The number of hydrogen-bond donors (Lipinski definition) is 0. The fourth-order valence-electron chi connectivity index (χ4n) is 3.24. The maximum atomic E-state index is 13.3. The minimum absolute atomic E-state index is 0.189. The summed E-state index contributed by atoms with van der Waals surface area (Å²) >= 11 is 8.45. The fourth-order valence-corrected chi connectivity index (χ4v) is 5.43. The first-order chi connectivity index (χ1) is 14.1. The van der Waals surface area contributed by atoms with Crippen LogP contribution in [-0.2, 0) is 9.53 Å². The number of carbonyl (C=O) groups excluding carboxylic acids is 1. The van der Waals surface area contributed by atoms with Crippen LogP contribution in [0, 0.1) is 0 Å². The highest BCUT2D eigenvalue weighted by atomic mass is 32.2. The number of thiocarbonyl (C=S) groups is 1. The Hall–Kier alpha value is -1.88. The standard InChI is InChI=1S/C19H20N4O3S3/c1-26-9-6-23-18(25)14(29-19(23)27)12-13-16(21-7-10-28-11-8-21)20-15-4-2-3-5-22(15)17(13)24/h2-5,12H,6-11H2,1H3. The van der Waals surface area contributed by atoms with Crippen LogP contribution in [0.3, 0.4) is 0 Å². The van der Waals surface area contributed by atoms with Gasteiger partial charge in [-0.25, -0.2) is 4.98 Å². The quantitative estimate of drug-likeness (QED) is 0.509. The van der Waals surface area contributed by atoms with E-state index in [2.05, 4.69) is 4.90 Å². The topological polar surface area (TPSA) is 67.2 Å². The van der Waals surface area contributed by atoms with Crippen LogP contribution in [0.25, 0.3) is 11.7 Å². The van der Waals surface area contributed by atoms with Crippen molar-refractivity contribution >= 4 is 63.5 Å². The zero-order chi connectivity index (χ0) is 20.4. The normalized spacial score (nSPS) is 19.0. The minimum Gasteiger partial charge on any atom is -0.383 e. The third-order valence-corrected chi connectivity index (χ3v) is 7.05. The van der Waals surface area contributed by atoms with Gasteiger partial charge in [-0.2, -0.15) is 11.8 Å². The second kappa shape index (κ2) is 8.86. The molecule has 0 bridgehead atoms. The van der Waals surface area contributed by atoms with E-state index in [9.17, 15) is 9.59 Å². The van der Waals surface area contributed by atoms with Gasteiger partial charge in [0.05, 0.1) is 23.6 Å². The van der Waals surface area contributed by atoms with E-state index in [1.807, 2.05) is 23.9 Å². The first kappa shape index (κ1) is 20.4. The fraction of sp³-hybridized carbons (Fsp3) is 0.368. The number of hydrogen-bond acceptors (Lipinski definition) is 8. The lowest BCUT2D eigenvalue weighted by Gasteiger charge is -2.28. The molecular weight excluding hydrogens is 428 g/mol. The Morgan fingerprint density at radius 1 is 1.28 bits per heavy atom. The number of carbonyl (C=O) groups is 1. The highest BCUT2D eigenvalue weighted by molar-refractivity contribution is 8.26. The van der Waals surface area contributed by atoms with Gasteiger partial charge in [-0.05, 0) is 18.2 Å². The van der Waals surface area contributed by atoms with Crippen LogP contribution in [0.2, 0.25) is 0 Å². The molecule has 0 unspecified atom stereocenters. The van der Waals surface area contributed by atoms with Gasteiger partial charge in [-0.1, -0.05) is 30.0 Å². The van der Waals surface area contributed by atoms with Crippen molar-refractivity contribution in [2.24, 2.45) is 0 Å². The zero-order valence-corrected chi connectivity index (χ0v) is 18.3. The SMILES string of the molecule is COCCN1C(=O)C(=Cc2c(N3CCSCC3)nc3ccccn3c2=O)SC1=S. The third-order valence-electron chi connectivity index (χ3n) is 4.73. The smallest absolute Gasteiger partial charge is 0.267 e. The zero-order valence-electron chi connectivity index (χ0n) is 15.9. The molecule has 2 aliphatic heterocycles. The molecule has 2 aromatic heterocycles. The van der Waals surface area contributed by atoms with Crippen molar-refractivity contribution in [3.05, 3.63) is 45.2 Å². The van der Waals surface area contributed by atoms with Crippen LogP contribution in [0.5, 0.6) is 0 Å². The lowest BCUT2D eigenvalue weighted by molar-refractivity contribution is -0.122. The predicted octanol–water partition coefficient (Wildman–Crippen LogP) is 2.10. The Morgan fingerprint density at radius 3 is 2.83 bits per heavy atom. The number of methoxy groups -OCH3 is 1. The Balaban J connectivity index is 1.81. The highest BCUT2D eigenvalue weighted by Crippen LogP contribution is 2.33. The molecule has 1 amide bonds. The van der Waals surface area contributed by atoms with E-state index in [0.717, 1.165) is 24.6 Å². The molecule has 152 valence electrons. The van der Waals surface area contributed by atoms with Crippen molar-refractivity contribution in [1.82, 2.24) is 14.3 Å². The molecule has 2 aromatic rings. The molecule has 4 rings (SSSR count). The molecule has 0 spiro atoms. The van der Waals surface area contributed by atoms with Gasteiger partial charge in [-0.15, -0.1) is 0 Å². The molecule has 0 atom stereocenters. The summed E-state index contributed by atoms with van der Waals surface area (Å²) < 4.78 is 7.05. The van der Waals surface area contributed by atoms with Crippen molar-refractivity contribution in [1.29, 1.82) is 0 Å². The Kier molecular flexibility index (Phi) is 6.23. The second-order valence-corrected chi connectivity index (χ2v) is 9.41. The molecule has 0 saturated carbocycles. The van der Waals surface area contributed by atoms with Gasteiger partial charge in [0.1, 0.15) is 15.8 Å². The van der Waals surface area contributed by atoms with E-state index in [1.54, 1.807) is 25.4 Å². The van der Waals surface area contributed by atoms with Crippen LogP contribution in [-0.4, -0.2) is 69.4 Å². The van der Waals surface area contributed by atoms with Crippen molar-refractivity contribution in [2.45, 2.75) is 0 Å². The summed E-state index contributed by atoms with van der Waals surface area (Å²) in [6.07, 6.45) is 3.35. The number of ether oxygens (including phenoxy) is 1. The molecule has 0 radical (unpaired) electrons. The van der Waals surface area contributed by atoms with Crippen molar-refractivity contribution in [3.8, 4) is 0 Å². The van der Waals surface area contributed by atoms with E-state index in [0.29, 0.717) is 39.4 Å². The number of anilines is 1. The molecule has 10 heteroatoms. The lowest BCUT2D eigenvalue weighted by atomic mass is 10.2. The van der Waals surface area contributed by atoms with Crippen molar-refractivity contribution in [2.75, 3.05) is 49.8 Å². The van der Waals surface area contributed by atoms with Gasteiger partial charge in [0, 0.05) is 37.9 Å². The molecule has 7 nitrogen and oxygen atoms in total. The number of pyridine rings is 1. The summed E-state index contributed by atoms with van der Waals surface area (Å²) in [5.41, 5.74) is 0.828. The van der Waals surface area contributed by atoms with Gasteiger partial charge in [-0.3, -0.25) is 18.9 Å². The van der Waals surface area contributed by atoms with Gasteiger partial charge in [0.15, 0.2) is 0 Å². The summed E-state index contributed by atoms with van der Waals surface area (Å²) in [7, 11) is 1.58. The van der Waals surface area contributed by atoms with Crippen LogP contribution in [0.15, 0.2) is 34.1 Å². The van der Waals surface area contributed by atoms with Crippen molar-refractivity contribution in [3.63, 3.8) is 0 Å². The Labute approximate surface area is 182 Å². The lowest BCUT2D eigenvalue weighted by Crippen LogP contribution is -2.36. The molecule has 0 aliphatic carbocycles. The van der Waals surface area contributed by atoms with E-state index >= 15 is 0 Å². The molecule has 2 aliphatic rings. The summed E-state index contributed by atoms with van der Waals surface area (Å²) in [6, 6.07) is 5.47. The van der Waals surface area contributed by atoms with Gasteiger partial charge in [0.25, 0.3) is 11.5 Å². The van der Waals surface area contributed by atoms with Crippen molar-refractivity contribution < 1.29 is 9.53 Å². The van der Waals surface area contributed by atoms with Crippen LogP contribution < -0.4 is 10.5 Å². The Morgan fingerprint density at radius 2 is 2.07 bits per heavy atom. The molecule has 29 heavy (non-hydrogen) atoms. The number of thioether (sulfide) groups is 2. The number of nitrogens with zero attached hydrogens (tertiary/aromatic N) is 4. The van der Waals surface area contributed by atoms with Crippen LogP contribution in [0.4, 0.5) is 5.82 Å². The number of rotatable bonds is 5. The summed E-state index contributed by atoms with van der Waals surface area (Å²) in [4.78, 5) is 35.0. The number of aromatic nitrogens is 2. The number of fused-ring (bicyclic) bond motifs is 1. The average Bonchev–Trinajstić information content (AvgIpc) is 3.01. The number of amides is 1. The van der Waals surface area contributed by atoms with E-state index < -0.39 is 0 Å². The van der Waals surface area contributed by atoms with Gasteiger partial charge >= 0.3 is 0 Å². The molecule has 2 fully saturated rings. The van der Waals surface area contributed by atoms with E-state index in [-0.39, 0.29) is 11.5 Å². The molecule has 0 N–H and O–H groups in total. The predicted molar refractivity (Wildman–Crippen MR) is 123 cm³/mol. The van der Waals surface area contributed by atoms with Gasteiger partial charge < -0.3 is 9.64 Å². The maximum absolute atomic E-state index is 13.3. The minimum atomic E-state index is -0.199. The second-order valence-electron chi connectivity index (χ2n) is 6.51. The molecule has 0 aromatic carbocycles. The first-order valence-electron chi connectivity index (χ1n) is 9.18.